The molecule has 90 valence electrons. The van der Waals surface area contributed by atoms with Crippen molar-refractivity contribution in [2.45, 2.75) is 18.9 Å². The van der Waals surface area contributed by atoms with E-state index in [4.69, 9.17) is 11.6 Å². The van der Waals surface area contributed by atoms with Crippen LogP contribution in [-0.4, -0.2) is 22.8 Å². The Balaban J connectivity index is 2.07. The highest BCUT2D eigenvalue weighted by Gasteiger charge is 2.27. The lowest BCUT2D eigenvalue weighted by Crippen LogP contribution is -2.37. The lowest BCUT2D eigenvalue weighted by atomic mass is 10.2. The molecule has 1 aliphatic rings. The van der Waals surface area contributed by atoms with Crippen molar-refractivity contribution in [1.29, 1.82) is 0 Å². The van der Waals surface area contributed by atoms with Crippen molar-refractivity contribution >= 4 is 45.0 Å². The fourth-order valence-electron chi connectivity index (χ4n) is 1.54. The Morgan fingerprint density at radius 3 is 3.06 bits per heavy atom. The summed E-state index contributed by atoms with van der Waals surface area (Å²) in [5.41, 5.74) is 0.423. The molecule has 1 aliphatic heterocycles. The van der Waals surface area contributed by atoms with E-state index in [1.165, 1.54) is 6.20 Å². The SMILES string of the molecule is O=C1CCC(C(=O)Nc2cc(Br)cnc2Cl)N1. The highest BCUT2D eigenvalue weighted by molar-refractivity contribution is 9.10. The summed E-state index contributed by atoms with van der Waals surface area (Å²) in [5, 5.41) is 5.43. The molecule has 1 fully saturated rings. The van der Waals surface area contributed by atoms with Gasteiger partial charge in [-0.05, 0) is 28.4 Å². The summed E-state index contributed by atoms with van der Waals surface area (Å²) in [6.45, 7) is 0. The first-order valence-corrected chi connectivity index (χ1v) is 6.14. The monoisotopic (exact) mass is 317 g/mol. The topological polar surface area (TPSA) is 71.1 Å². The van der Waals surface area contributed by atoms with Gasteiger partial charge in [-0.1, -0.05) is 11.6 Å². The van der Waals surface area contributed by atoms with E-state index in [-0.39, 0.29) is 17.0 Å². The van der Waals surface area contributed by atoms with Crippen LogP contribution in [-0.2, 0) is 9.59 Å². The van der Waals surface area contributed by atoms with Crippen LogP contribution in [0.5, 0.6) is 0 Å². The van der Waals surface area contributed by atoms with Crippen molar-refractivity contribution in [3.8, 4) is 0 Å². The van der Waals surface area contributed by atoms with Crippen LogP contribution in [0.3, 0.4) is 0 Å². The lowest BCUT2D eigenvalue weighted by Gasteiger charge is -2.11. The molecule has 0 aromatic carbocycles. The van der Waals surface area contributed by atoms with Crippen molar-refractivity contribution in [1.82, 2.24) is 10.3 Å². The molecule has 2 amide bonds. The fourth-order valence-corrected chi connectivity index (χ4v) is 2.02. The number of anilines is 1. The van der Waals surface area contributed by atoms with Gasteiger partial charge in [0.15, 0.2) is 5.15 Å². The largest absolute Gasteiger partial charge is 0.344 e. The minimum atomic E-state index is -0.488. The summed E-state index contributed by atoms with van der Waals surface area (Å²) < 4.78 is 0.715. The second-order valence-electron chi connectivity index (χ2n) is 3.64. The standard InChI is InChI=1S/C10H9BrClN3O2/c11-5-3-7(9(12)13-4-5)15-10(17)6-1-2-8(16)14-6/h3-4,6H,1-2H2,(H,14,16)(H,15,17). The van der Waals surface area contributed by atoms with Gasteiger partial charge in [0.2, 0.25) is 11.8 Å². The second-order valence-corrected chi connectivity index (χ2v) is 4.91. The first kappa shape index (κ1) is 12.3. The minimum absolute atomic E-state index is 0.108. The maximum Gasteiger partial charge on any atom is 0.247 e. The Labute approximate surface area is 111 Å². The predicted octanol–water partition coefficient (Wildman–Crippen LogP) is 1.71. The van der Waals surface area contributed by atoms with Crippen molar-refractivity contribution in [3.63, 3.8) is 0 Å². The van der Waals surface area contributed by atoms with E-state index in [2.05, 4.69) is 31.5 Å². The molecule has 1 unspecified atom stereocenters. The molecule has 5 nitrogen and oxygen atoms in total. The minimum Gasteiger partial charge on any atom is -0.344 e. The quantitative estimate of drug-likeness (QED) is 0.816. The Morgan fingerprint density at radius 2 is 2.41 bits per heavy atom. The molecule has 0 spiro atoms. The van der Waals surface area contributed by atoms with Gasteiger partial charge in [-0.25, -0.2) is 4.98 Å². The van der Waals surface area contributed by atoms with Gasteiger partial charge in [0.1, 0.15) is 6.04 Å². The first-order valence-electron chi connectivity index (χ1n) is 4.97. The van der Waals surface area contributed by atoms with Gasteiger partial charge in [0.25, 0.3) is 0 Å². The third-order valence-corrected chi connectivity index (χ3v) is 3.11. The van der Waals surface area contributed by atoms with Gasteiger partial charge in [0, 0.05) is 17.1 Å². The van der Waals surface area contributed by atoms with E-state index in [1.54, 1.807) is 6.07 Å². The van der Waals surface area contributed by atoms with Crippen LogP contribution in [0.4, 0.5) is 5.69 Å². The van der Waals surface area contributed by atoms with Gasteiger partial charge in [-0.3, -0.25) is 9.59 Å². The van der Waals surface area contributed by atoms with Gasteiger partial charge >= 0.3 is 0 Å². The molecule has 1 saturated heterocycles. The number of carbonyl (C=O) groups excluding carboxylic acids is 2. The zero-order chi connectivity index (χ0) is 12.4. The van der Waals surface area contributed by atoms with E-state index in [0.717, 1.165) is 0 Å². The Bertz CT molecular complexity index is 481. The summed E-state index contributed by atoms with van der Waals surface area (Å²) in [6, 6.07) is 1.17. The smallest absolute Gasteiger partial charge is 0.247 e. The number of pyridine rings is 1. The molecule has 17 heavy (non-hydrogen) atoms. The number of amides is 2. The van der Waals surface area contributed by atoms with Gasteiger partial charge in [-0.15, -0.1) is 0 Å². The molecule has 1 aromatic rings. The molecule has 2 rings (SSSR count). The van der Waals surface area contributed by atoms with Crippen LogP contribution in [0, 0.1) is 0 Å². The third kappa shape index (κ3) is 2.95. The summed E-state index contributed by atoms with van der Waals surface area (Å²) in [7, 11) is 0. The average molecular weight is 319 g/mol. The molecule has 1 atom stereocenters. The second kappa shape index (κ2) is 5.01. The summed E-state index contributed by atoms with van der Waals surface area (Å²) in [4.78, 5) is 26.7. The van der Waals surface area contributed by atoms with Gasteiger partial charge < -0.3 is 10.6 Å². The number of hydrogen-bond donors (Lipinski definition) is 2. The zero-order valence-electron chi connectivity index (χ0n) is 8.67. The number of halogens is 2. The summed E-state index contributed by atoms with van der Waals surface area (Å²) in [6.07, 6.45) is 2.42. The number of hydrogen-bond acceptors (Lipinski definition) is 3. The molecular formula is C10H9BrClN3O2. The normalized spacial score (nSPS) is 18.9. The van der Waals surface area contributed by atoms with Crippen molar-refractivity contribution in [2.24, 2.45) is 0 Å². The van der Waals surface area contributed by atoms with Crippen LogP contribution in [0.15, 0.2) is 16.7 Å². The van der Waals surface area contributed by atoms with Crippen molar-refractivity contribution in [2.75, 3.05) is 5.32 Å². The van der Waals surface area contributed by atoms with E-state index in [0.29, 0.717) is 23.0 Å². The summed E-state index contributed by atoms with van der Waals surface area (Å²) >= 11 is 9.08. The molecule has 0 saturated carbocycles. The van der Waals surface area contributed by atoms with Gasteiger partial charge in [-0.2, -0.15) is 0 Å². The molecule has 2 heterocycles. The molecule has 0 bridgehead atoms. The highest BCUT2D eigenvalue weighted by Crippen LogP contribution is 2.23. The van der Waals surface area contributed by atoms with Crippen molar-refractivity contribution in [3.05, 3.63) is 21.9 Å². The van der Waals surface area contributed by atoms with Crippen molar-refractivity contribution < 1.29 is 9.59 Å². The Morgan fingerprint density at radius 1 is 1.65 bits per heavy atom. The number of nitrogens with one attached hydrogen (secondary N) is 2. The Hall–Kier alpha value is -1.14. The third-order valence-electron chi connectivity index (χ3n) is 2.38. The Kier molecular flexibility index (Phi) is 3.63. The lowest BCUT2D eigenvalue weighted by molar-refractivity contribution is -0.122. The number of aromatic nitrogens is 1. The van der Waals surface area contributed by atoms with Crippen LogP contribution in [0.25, 0.3) is 0 Å². The average Bonchev–Trinajstić information content (AvgIpc) is 2.70. The molecular weight excluding hydrogens is 309 g/mol. The maximum atomic E-state index is 11.8. The molecule has 1 aromatic heterocycles. The fraction of sp³-hybridized carbons (Fsp3) is 0.300. The summed E-state index contributed by atoms with van der Waals surface area (Å²) in [5.74, 6) is -0.388. The van der Waals surface area contributed by atoms with E-state index >= 15 is 0 Å². The van der Waals surface area contributed by atoms with Crippen LogP contribution < -0.4 is 10.6 Å². The number of nitrogens with zero attached hydrogens (tertiary/aromatic N) is 1. The van der Waals surface area contributed by atoms with E-state index in [9.17, 15) is 9.59 Å². The number of carbonyl (C=O) groups is 2. The molecule has 0 radical (unpaired) electrons. The van der Waals surface area contributed by atoms with Crippen LogP contribution in [0.1, 0.15) is 12.8 Å². The first-order chi connectivity index (χ1) is 8.06. The highest BCUT2D eigenvalue weighted by atomic mass is 79.9. The molecule has 2 N–H and O–H groups in total. The van der Waals surface area contributed by atoms with E-state index in [1.807, 2.05) is 0 Å². The zero-order valence-corrected chi connectivity index (χ0v) is 11.0. The molecule has 7 heteroatoms. The number of rotatable bonds is 2. The molecule has 0 aliphatic carbocycles. The van der Waals surface area contributed by atoms with E-state index < -0.39 is 6.04 Å². The van der Waals surface area contributed by atoms with Gasteiger partial charge in [0.05, 0.1) is 5.69 Å². The maximum absolute atomic E-state index is 11.8. The predicted molar refractivity (Wildman–Crippen MR) is 66.7 cm³/mol. The van der Waals surface area contributed by atoms with Crippen LogP contribution in [0.2, 0.25) is 5.15 Å². The van der Waals surface area contributed by atoms with Crippen LogP contribution >= 0.6 is 27.5 Å².